The Kier molecular flexibility index (Phi) is 7.07. The number of nitrogens with zero attached hydrogens (tertiary/aromatic N) is 1. The monoisotopic (exact) mass is 404 g/mol. The summed E-state index contributed by atoms with van der Waals surface area (Å²) in [5.74, 6) is 0.344. The minimum absolute atomic E-state index is 0.279. The van der Waals surface area contributed by atoms with E-state index < -0.39 is 16.1 Å². The fraction of sp³-hybridized carbons (Fsp3) is 0.381. The average molecular weight is 405 g/mol. The molecule has 0 heterocycles. The van der Waals surface area contributed by atoms with Crippen molar-refractivity contribution in [3.63, 3.8) is 0 Å². The molecule has 7 heteroatoms. The molecule has 2 aromatic rings. The first-order chi connectivity index (χ1) is 13.1. The Hall–Kier alpha value is -2.54. The van der Waals surface area contributed by atoms with Crippen LogP contribution in [0.3, 0.4) is 0 Å². The summed E-state index contributed by atoms with van der Waals surface area (Å²) in [5, 5.41) is 2.74. The lowest BCUT2D eigenvalue weighted by Crippen LogP contribution is -2.48. The minimum atomic E-state index is -3.63. The fourth-order valence-electron chi connectivity index (χ4n) is 2.80. The van der Waals surface area contributed by atoms with Crippen molar-refractivity contribution < 1.29 is 17.9 Å². The third-order valence-corrected chi connectivity index (χ3v) is 5.77. The second kappa shape index (κ2) is 9.10. The highest BCUT2D eigenvalue weighted by molar-refractivity contribution is 7.92. The van der Waals surface area contributed by atoms with Crippen LogP contribution >= 0.6 is 0 Å². The van der Waals surface area contributed by atoms with Crippen LogP contribution in [-0.2, 0) is 14.8 Å². The Labute approximate surface area is 167 Å². The second-order valence-electron chi connectivity index (χ2n) is 6.96. The Morgan fingerprint density at radius 1 is 1.07 bits per heavy atom. The van der Waals surface area contributed by atoms with Crippen LogP contribution in [0, 0.1) is 20.8 Å². The van der Waals surface area contributed by atoms with Crippen molar-refractivity contribution >= 4 is 21.6 Å². The average Bonchev–Trinajstić information content (AvgIpc) is 2.62. The smallest absolute Gasteiger partial charge is 0.243 e. The molecule has 0 radical (unpaired) electrons. The van der Waals surface area contributed by atoms with E-state index in [1.807, 2.05) is 51.1 Å². The van der Waals surface area contributed by atoms with E-state index in [2.05, 4.69) is 5.32 Å². The van der Waals surface area contributed by atoms with Gasteiger partial charge in [0.1, 0.15) is 18.4 Å². The standard InChI is InChI=1S/C21H28N2O4S/c1-15-6-10-20(11-7-15)27-13-12-22-21(24)18(4)23(28(5,25)26)19-9-8-16(2)17(3)14-19/h6-11,14,18H,12-13H2,1-5H3,(H,22,24). The van der Waals surface area contributed by atoms with Gasteiger partial charge < -0.3 is 10.1 Å². The fourth-order valence-corrected chi connectivity index (χ4v) is 3.96. The Bertz CT molecular complexity index is 924. The summed E-state index contributed by atoms with van der Waals surface area (Å²) in [6.07, 6.45) is 1.10. The zero-order valence-corrected chi connectivity index (χ0v) is 17.8. The van der Waals surface area contributed by atoms with Crippen LogP contribution in [0.25, 0.3) is 0 Å². The second-order valence-corrected chi connectivity index (χ2v) is 8.82. The molecule has 0 saturated carbocycles. The van der Waals surface area contributed by atoms with Gasteiger partial charge >= 0.3 is 0 Å². The molecule has 2 rings (SSSR count). The lowest BCUT2D eigenvalue weighted by atomic mass is 10.1. The highest BCUT2D eigenvalue weighted by Gasteiger charge is 2.29. The first-order valence-electron chi connectivity index (χ1n) is 9.13. The van der Waals surface area contributed by atoms with Gasteiger partial charge in [0.05, 0.1) is 18.5 Å². The molecule has 1 atom stereocenters. The van der Waals surface area contributed by atoms with Gasteiger partial charge in [-0.1, -0.05) is 23.8 Å². The Balaban J connectivity index is 2.01. The molecule has 6 nitrogen and oxygen atoms in total. The van der Waals surface area contributed by atoms with Crippen molar-refractivity contribution in [3.8, 4) is 5.75 Å². The molecule has 0 bridgehead atoms. The number of hydrogen-bond acceptors (Lipinski definition) is 4. The van der Waals surface area contributed by atoms with Crippen LogP contribution < -0.4 is 14.4 Å². The topological polar surface area (TPSA) is 75.7 Å². The van der Waals surface area contributed by atoms with Gasteiger partial charge in [-0.05, 0) is 63.1 Å². The predicted octanol–water partition coefficient (Wildman–Crippen LogP) is 2.96. The SMILES string of the molecule is Cc1ccc(OCCNC(=O)C(C)N(c2ccc(C)c(C)c2)S(C)(=O)=O)cc1. The molecule has 0 spiro atoms. The summed E-state index contributed by atoms with van der Waals surface area (Å²) < 4.78 is 31.4. The van der Waals surface area contributed by atoms with Gasteiger partial charge in [0, 0.05) is 0 Å². The number of sulfonamides is 1. The lowest BCUT2D eigenvalue weighted by molar-refractivity contribution is -0.121. The zero-order valence-electron chi connectivity index (χ0n) is 17.0. The van der Waals surface area contributed by atoms with Crippen LogP contribution in [0.15, 0.2) is 42.5 Å². The summed E-state index contributed by atoms with van der Waals surface area (Å²) in [6.45, 7) is 8.01. The molecule has 28 heavy (non-hydrogen) atoms. The van der Waals surface area contributed by atoms with Gasteiger partial charge in [-0.3, -0.25) is 9.10 Å². The van der Waals surface area contributed by atoms with Crippen molar-refractivity contribution in [1.82, 2.24) is 5.32 Å². The largest absolute Gasteiger partial charge is 0.492 e. The van der Waals surface area contributed by atoms with E-state index in [4.69, 9.17) is 4.74 Å². The number of carbonyl (C=O) groups excluding carboxylic acids is 1. The van der Waals surface area contributed by atoms with Crippen molar-refractivity contribution in [2.75, 3.05) is 23.7 Å². The third-order valence-electron chi connectivity index (χ3n) is 4.52. The Morgan fingerprint density at radius 2 is 1.71 bits per heavy atom. The van der Waals surface area contributed by atoms with Gasteiger partial charge in [0.2, 0.25) is 15.9 Å². The van der Waals surface area contributed by atoms with Crippen LogP contribution in [-0.4, -0.2) is 39.8 Å². The molecule has 1 amide bonds. The van der Waals surface area contributed by atoms with E-state index in [1.165, 1.54) is 0 Å². The van der Waals surface area contributed by atoms with E-state index in [9.17, 15) is 13.2 Å². The van der Waals surface area contributed by atoms with Crippen molar-refractivity contribution in [3.05, 3.63) is 59.2 Å². The quantitative estimate of drug-likeness (QED) is 0.687. The van der Waals surface area contributed by atoms with Gasteiger partial charge in [0.15, 0.2) is 0 Å². The predicted molar refractivity (Wildman–Crippen MR) is 112 cm³/mol. The first-order valence-corrected chi connectivity index (χ1v) is 11.0. The molecule has 0 fully saturated rings. The van der Waals surface area contributed by atoms with Crippen LogP contribution in [0.1, 0.15) is 23.6 Å². The summed E-state index contributed by atoms with van der Waals surface area (Å²) in [4.78, 5) is 12.5. The summed E-state index contributed by atoms with van der Waals surface area (Å²) in [5.41, 5.74) is 3.64. The van der Waals surface area contributed by atoms with Crippen LogP contribution in [0.2, 0.25) is 0 Å². The molecular weight excluding hydrogens is 376 g/mol. The third kappa shape index (κ3) is 5.73. The zero-order chi connectivity index (χ0) is 20.9. The van der Waals surface area contributed by atoms with E-state index in [1.54, 1.807) is 19.1 Å². The van der Waals surface area contributed by atoms with Gasteiger partial charge in [0.25, 0.3) is 0 Å². The molecule has 2 aromatic carbocycles. The van der Waals surface area contributed by atoms with E-state index in [0.29, 0.717) is 12.3 Å². The number of benzene rings is 2. The number of nitrogens with one attached hydrogen (secondary N) is 1. The highest BCUT2D eigenvalue weighted by Crippen LogP contribution is 2.23. The molecular formula is C21H28N2O4S. The summed E-state index contributed by atoms with van der Waals surface area (Å²) in [6, 6.07) is 12.1. The maximum absolute atomic E-state index is 12.5. The van der Waals surface area contributed by atoms with E-state index in [0.717, 1.165) is 33.0 Å². The van der Waals surface area contributed by atoms with Crippen molar-refractivity contribution in [1.29, 1.82) is 0 Å². The number of carbonyl (C=O) groups is 1. The maximum Gasteiger partial charge on any atom is 0.243 e. The number of anilines is 1. The number of hydrogen-bond donors (Lipinski definition) is 1. The van der Waals surface area contributed by atoms with Gasteiger partial charge in [-0.2, -0.15) is 0 Å². The first kappa shape index (κ1) is 21.8. The minimum Gasteiger partial charge on any atom is -0.492 e. The number of ether oxygens (including phenoxy) is 1. The summed E-state index contributed by atoms with van der Waals surface area (Å²) in [7, 11) is -3.63. The maximum atomic E-state index is 12.5. The van der Waals surface area contributed by atoms with Crippen LogP contribution in [0.5, 0.6) is 5.75 Å². The molecule has 152 valence electrons. The molecule has 0 aliphatic carbocycles. The molecule has 0 aliphatic rings. The summed E-state index contributed by atoms with van der Waals surface area (Å²) >= 11 is 0. The molecule has 0 aliphatic heterocycles. The van der Waals surface area contributed by atoms with E-state index in [-0.39, 0.29) is 12.5 Å². The van der Waals surface area contributed by atoms with Gasteiger partial charge in [-0.25, -0.2) is 8.42 Å². The molecule has 0 aromatic heterocycles. The number of rotatable bonds is 8. The van der Waals surface area contributed by atoms with Crippen molar-refractivity contribution in [2.24, 2.45) is 0 Å². The molecule has 1 unspecified atom stereocenters. The highest BCUT2D eigenvalue weighted by atomic mass is 32.2. The number of amides is 1. The normalized spacial score (nSPS) is 12.3. The van der Waals surface area contributed by atoms with Crippen LogP contribution in [0.4, 0.5) is 5.69 Å². The van der Waals surface area contributed by atoms with E-state index >= 15 is 0 Å². The lowest BCUT2D eigenvalue weighted by Gasteiger charge is -2.28. The van der Waals surface area contributed by atoms with Gasteiger partial charge in [-0.15, -0.1) is 0 Å². The Morgan fingerprint density at radius 3 is 2.29 bits per heavy atom. The molecule has 0 saturated heterocycles. The molecule has 1 N–H and O–H groups in total. The number of aryl methyl sites for hydroxylation is 3. The van der Waals surface area contributed by atoms with Crippen molar-refractivity contribution in [2.45, 2.75) is 33.7 Å².